The van der Waals surface area contributed by atoms with Gasteiger partial charge in [0.25, 0.3) is 5.91 Å². The van der Waals surface area contributed by atoms with Crippen LogP contribution in [-0.2, 0) is 6.61 Å². The Morgan fingerprint density at radius 3 is 2.67 bits per heavy atom. The van der Waals surface area contributed by atoms with Gasteiger partial charge in [0.1, 0.15) is 23.9 Å². The van der Waals surface area contributed by atoms with Crippen molar-refractivity contribution in [1.82, 2.24) is 5.32 Å². The lowest BCUT2D eigenvalue weighted by Gasteiger charge is -2.09. The molecule has 1 aromatic heterocycles. The minimum Gasteiger partial charge on any atom is -0.486 e. The van der Waals surface area contributed by atoms with E-state index in [0.717, 1.165) is 6.42 Å². The van der Waals surface area contributed by atoms with Crippen molar-refractivity contribution in [3.05, 3.63) is 53.7 Å². The van der Waals surface area contributed by atoms with E-state index in [1.807, 2.05) is 13.8 Å². The highest BCUT2D eigenvalue weighted by Crippen LogP contribution is 2.15. The largest absolute Gasteiger partial charge is 0.486 e. The standard InChI is InChI=1S/C16H18FNO3/c1-3-11(2)18-16(19)15-9-8-14(21-15)10-20-13-6-4-12(17)5-7-13/h4-9,11H,3,10H2,1-2H3,(H,18,19). The van der Waals surface area contributed by atoms with Crippen LogP contribution in [0.5, 0.6) is 5.75 Å². The molecule has 0 aliphatic carbocycles. The second-order valence-electron chi connectivity index (χ2n) is 4.79. The highest BCUT2D eigenvalue weighted by Gasteiger charge is 2.13. The lowest BCUT2D eigenvalue weighted by atomic mass is 10.2. The van der Waals surface area contributed by atoms with E-state index in [4.69, 9.17) is 9.15 Å². The maximum absolute atomic E-state index is 12.8. The smallest absolute Gasteiger partial charge is 0.287 e. The summed E-state index contributed by atoms with van der Waals surface area (Å²) in [5.74, 6) is 0.779. The Morgan fingerprint density at radius 2 is 2.00 bits per heavy atom. The number of halogens is 1. The average Bonchev–Trinajstić information content (AvgIpc) is 2.95. The summed E-state index contributed by atoms with van der Waals surface area (Å²) in [4.78, 5) is 11.9. The number of rotatable bonds is 6. The van der Waals surface area contributed by atoms with Crippen molar-refractivity contribution in [3.63, 3.8) is 0 Å². The molecule has 4 nitrogen and oxygen atoms in total. The second kappa shape index (κ2) is 6.92. The third-order valence-electron chi connectivity index (χ3n) is 3.07. The number of furan rings is 1. The molecule has 0 bridgehead atoms. The van der Waals surface area contributed by atoms with Crippen LogP contribution in [0.3, 0.4) is 0 Å². The molecule has 1 heterocycles. The maximum atomic E-state index is 12.8. The maximum Gasteiger partial charge on any atom is 0.287 e. The number of carbonyl (C=O) groups is 1. The number of ether oxygens (including phenoxy) is 1. The van der Waals surface area contributed by atoms with Gasteiger partial charge < -0.3 is 14.5 Å². The molecule has 0 saturated carbocycles. The van der Waals surface area contributed by atoms with E-state index in [0.29, 0.717) is 11.5 Å². The molecule has 0 aliphatic heterocycles. The molecule has 0 fully saturated rings. The van der Waals surface area contributed by atoms with Crippen LogP contribution in [0.15, 0.2) is 40.8 Å². The van der Waals surface area contributed by atoms with Crippen molar-refractivity contribution in [2.24, 2.45) is 0 Å². The van der Waals surface area contributed by atoms with Crippen molar-refractivity contribution in [2.75, 3.05) is 0 Å². The zero-order valence-corrected chi connectivity index (χ0v) is 12.1. The van der Waals surface area contributed by atoms with Crippen LogP contribution in [0.1, 0.15) is 36.6 Å². The first kappa shape index (κ1) is 15.1. The van der Waals surface area contributed by atoms with Crippen LogP contribution in [-0.4, -0.2) is 11.9 Å². The van der Waals surface area contributed by atoms with Crippen molar-refractivity contribution in [1.29, 1.82) is 0 Å². The van der Waals surface area contributed by atoms with Gasteiger partial charge in [0.05, 0.1) is 0 Å². The fraction of sp³-hybridized carbons (Fsp3) is 0.312. The molecule has 21 heavy (non-hydrogen) atoms. The third kappa shape index (κ3) is 4.34. The summed E-state index contributed by atoms with van der Waals surface area (Å²) in [5.41, 5.74) is 0. The molecule has 2 aromatic rings. The Hall–Kier alpha value is -2.30. The van der Waals surface area contributed by atoms with Crippen LogP contribution in [0.4, 0.5) is 4.39 Å². The van der Waals surface area contributed by atoms with Crippen molar-refractivity contribution < 1.29 is 18.3 Å². The number of hydrogen-bond acceptors (Lipinski definition) is 3. The third-order valence-corrected chi connectivity index (χ3v) is 3.07. The van der Waals surface area contributed by atoms with E-state index in [9.17, 15) is 9.18 Å². The predicted octanol–water partition coefficient (Wildman–Crippen LogP) is 3.53. The fourth-order valence-electron chi connectivity index (χ4n) is 1.66. The highest BCUT2D eigenvalue weighted by atomic mass is 19.1. The molecular weight excluding hydrogens is 273 g/mol. The fourth-order valence-corrected chi connectivity index (χ4v) is 1.66. The highest BCUT2D eigenvalue weighted by molar-refractivity contribution is 5.91. The van der Waals surface area contributed by atoms with Crippen molar-refractivity contribution in [3.8, 4) is 5.75 Å². The van der Waals surface area contributed by atoms with Gasteiger partial charge in [-0.25, -0.2) is 4.39 Å². The number of carbonyl (C=O) groups excluding carboxylic acids is 1. The van der Waals surface area contributed by atoms with Gasteiger partial charge in [0, 0.05) is 6.04 Å². The van der Waals surface area contributed by atoms with E-state index < -0.39 is 0 Å². The number of hydrogen-bond donors (Lipinski definition) is 1. The molecule has 1 N–H and O–H groups in total. The van der Waals surface area contributed by atoms with E-state index in [1.54, 1.807) is 12.1 Å². The molecular formula is C16H18FNO3. The quantitative estimate of drug-likeness (QED) is 0.886. The molecule has 5 heteroatoms. The Kier molecular flexibility index (Phi) is 4.98. The van der Waals surface area contributed by atoms with Crippen LogP contribution in [0, 0.1) is 5.82 Å². The Labute approximate surface area is 122 Å². The molecule has 0 radical (unpaired) electrons. The zero-order chi connectivity index (χ0) is 15.2. The van der Waals surface area contributed by atoms with Crippen LogP contribution in [0.25, 0.3) is 0 Å². The molecule has 0 aliphatic rings. The normalized spacial score (nSPS) is 12.0. The number of benzene rings is 1. The lowest BCUT2D eigenvalue weighted by Crippen LogP contribution is -2.31. The molecule has 1 amide bonds. The summed E-state index contributed by atoms with van der Waals surface area (Å²) in [6.45, 7) is 4.11. The van der Waals surface area contributed by atoms with E-state index in [1.165, 1.54) is 24.3 Å². The van der Waals surface area contributed by atoms with E-state index in [-0.39, 0.29) is 30.1 Å². The summed E-state index contributed by atoms with van der Waals surface area (Å²) in [7, 11) is 0. The van der Waals surface area contributed by atoms with Gasteiger partial charge in [-0.05, 0) is 49.7 Å². The second-order valence-corrected chi connectivity index (χ2v) is 4.79. The van der Waals surface area contributed by atoms with Crippen LogP contribution >= 0.6 is 0 Å². The number of nitrogens with one attached hydrogen (secondary N) is 1. The summed E-state index contributed by atoms with van der Waals surface area (Å²) < 4.78 is 23.6. The molecule has 0 saturated heterocycles. The van der Waals surface area contributed by atoms with Gasteiger partial charge in [0.15, 0.2) is 5.76 Å². The molecule has 112 valence electrons. The molecule has 2 rings (SSSR count). The van der Waals surface area contributed by atoms with E-state index >= 15 is 0 Å². The van der Waals surface area contributed by atoms with Gasteiger partial charge in [-0.1, -0.05) is 6.92 Å². The Morgan fingerprint density at radius 1 is 1.29 bits per heavy atom. The van der Waals surface area contributed by atoms with Gasteiger partial charge in [-0.15, -0.1) is 0 Å². The minimum absolute atomic E-state index is 0.0986. The number of amides is 1. The van der Waals surface area contributed by atoms with Gasteiger partial charge >= 0.3 is 0 Å². The average molecular weight is 291 g/mol. The first-order valence-corrected chi connectivity index (χ1v) is 6.86. The first-order valence-electron chi connectivity index (χ1n) is 6.86. The summed E-state index contributed by atoms with van der Waals surface area (Å²) in [6.07, 6.45) is 0.854. The van der Waals surface area contributed by atoms with Crippen LogP contribution < -0.4 is 10.1 Å². The summed E-state index contributed by atoms with van der Waals surface area (Å²) in [5, 5.41) is 2.82. The zero-order valence-electron chi connectivity index (χ0n) is 12.1. The lowest BCUT2D eigenvalue weighted by molar-refractivity contribution is 0.0907. The first-order chi connectivity index (χ1) is 10.1. The van der Waals surface area contributed by atoms with Crippen LogP contribution in [0.2, 0.25) is 0 Å². The minimum atomic E-state index is -0.315. The predicted molar refractivity (Wildman–Crippen MR) is 76.7 cm³/mol. The van der Waals surface area contributed by atoms with Crippen molar-refractivity contribution >= 4 is 5.91 Å². The van der Waals surface area contributed by atoms with Gasteiger partial charge in [0.2, 0.25) is 0 Å². The molecule has 1 unspecified atom stereocenters. The van der Waals surface area contributed by atoms with E-state index in [2.05, 4.69) is 5.32 Å². The molecule has 1 aromatic carbocycles. The summed E-state index contributed by atoms with van der Waals surface area (Å²) in [6, 6.07) is 9.12. The Balaban J connectivity index is 1.91. The topological polar surface area (TPSA) is 51.5 Å². The van der Waals surface area contributed by atoms with Gasteiger partial charge in [-0.3, -0.25) is 4.79 Å². The SMILES string of the molecule is CCC(C)NC(=O)c1ccc(COc2ccc(F)cc2)o1. The molecule has 0 spiro atoms. The van der Waals surface area contributed by atoms with Crippen molar-refractivity contribution in [2.45, 2.75) is 32.9 Å². The Bertz CT molecular complexity index is 592. The monoisotopic (exact) mass is 291 g/mol. The summed E-state index contributed by atoms with van der Waals surface area (Å²) >= 11 is 0. The molecule has 1 atom stereocenters. The van der Waals surface area contributed by atoms with Gasteiger partial charge in [-0.2, -0.15) is 0 Å².